The minimum Gasteiger partial charge on any atom is -0.497 e. The van der Waals surface area contributed by atoms with Gasteiger partial charge in [0, 0.05) is 17.8 Å². The number of carbonyl (C=O) groups excluding carboxylic acids is 1. The Balaban J connectivity index is 2.04. The second kappa shape index (κ2) is 7.15. The van der Waals surface area contributed by atoms with Gasteiger partial charge >= 0.3 is 0 Å². The predicted molar refractivity (Wildman–Crippen MR) is 89.1 cm³/mol. The van der Waals surface area contributed by atoms with E-state index in [1.807, 2.05) is 24.3 Å². The number of benzene rings is 2. The number of ether oxygens (including phenoxy) is 1. The molecule has 2 N–H and O–H groups in total. The molecule has 7 heteroatoms. The Labute approximate surface area is 135 Å². The van der Waals surface area contributed by atoms with Crippen LogP contribution in [-0.4, -0.2) is 27.7 Å². The van der Waals surface area contributed by atoms with Gasteiger partial charge in [-0.1, -0.05) is 18.2 Å². The van der Waals surface area contributed by atoms with Crippen molar-refractivity contribution in [3.05, 3.63) is 59.7 Å². The van der Waals surface area contributed by atoms with Crippen molar-refractivity contribution in [3.8, 4) is 5.75 Å². The van der Waals surface area contributed by atoms with Crippen molar-refractivity contribution >= 4 is 21.6 Å². The van der Waals surface area contributed by atoms with E-state index in [4.69, 9.17) is 4.74 Å². The van der Waals surface area contributed by atoms with E-state index >= 15 is 0 Å². The van der Waals surface area contributed by atoms with Gasteiger partial charge in [0.15, 0.2) is 0 Å². The first-order valence-electron chi connectivity index (χ1n) is 6.86. The maximum Gasteiger partial charge on any atom is 0.251 e. The van der Waals surface area contributed by atoms with Crippen LogP contribution in [-0.2, 0) is 16.6 Å². The molecule has 2 rings (SSSR count). The summed E-state index contributed by atoms with van der Waals surface area (Å²) in [6.07, 6.45) is 1.06. The lowest BCUT2D eigenvalue weighted by Crippen LogP contribution is -2.23. The molecule has 0 aliphatic carbocycles. The van der Waals surface area contributed by atoms with Gasteiger partial charge in [0.25, 0.3) is 5.91 Å². The lowest BCUT2D eigenvalue weighted by atomic mass is 10.1. The number of carbonyl (C=O) groups is 1. The summed E-state index contributed by atoms with van der Waals surface area (Å²) in [6, 6.07) is 13.7. The summed E-state index contributed by atoms with van der Waals surface area (Å²) in [6.45, 7) is 0.347. The maximum absolute atomic E-state index is 12.2. The van der Waals surface area contributed by atoms with E-state index in [2.05, 4.69) is 10.0 Å². The zero-order valence-corrected chi connectivity index (χ0v) is 13.7. The second-order valence-corrected chi connectivity index (χ2v) is 6.74. The van der Waals surface area contributed by atoms with Crippen molar-refractivity contribution in [3.63, 3.8) is 0 Å². The monoisotopic (exact) mass is 334 g/mol. The van der Waals surface area contributed by atoms with Gasteiger partial charge in [0.1, 0.15) is 5.75 Å². The van der Waals surface area contributed by atoms with Gasteiger partial charge in [-0.15, -0.1) is 0 Å². The fourth-order valence-corrected chi connectivity index (χ4v) is 2.56. The Hall–Kier alpha value is -2.54. The molecule has 0 bridgehead atoms. The third-order valence-corrected chi connectivity index (χ3v) is 3.62. The molecule has 6 nitrogen and oxygen atoms in total. The molecule has 0 unspecified atom stereocenters. The Kier molecular flexibility index (Phi) is 5.23. The second-order valence-electron chi connectivity index (χ2n) is 4.99. The van der Waals surface area contributed by atoms with Crippen LogP contribution in [0.5, 0.6) is 5.75 Å². The van der Waals surface area contributed by atoms with Gasteiger partial charge in [-0.3, -0.25) is 9.52 Å². The predicted octanol–water partition coefficient (Wildman–Crippen LogP) is 2.00. The average molecular weight is 334 g/mol. The molecule has 23 heavy (non-hydrogen) atoms. The van der Waals surface area contributed by atoms with Gasteiger partial charge in [-0.25, -0.2) is 8.42 Å². The first-order chi connectivity index (χ1) is 10.9. The van der Waals surface area contributed by atoms with Crippen molar-refractivity contribution < 1.29 is 17.9 Å². The van der Waals surface area contributed by atoms with E-state index in [9.17, 15) is 13.2 Å². The highest BCUT2D eigenvalue weighted by Crippen LogP contribution is 2.14. The van der Waals surface area contributed by atoms with Crippen LogP contribution in [0.4, 0.5) is 5.69 Å². The average Bonchev–Trinajstić information content (AvgIpc) is 2.51. The SMILES string of the molecule is COc1cccc(CNC(=O)c2cccc(NS(C)(=O)=O)c2)c1. The Bertz CT molecular complexity index is 803. The molecule has 0 aromatic heterocycles. The van der Waals surface area contributed by atoms with Crippen LogP contribution < -0.4 is 14.8 Å². The van der Waals surface area contributed by atoms with E-state index < -0.39 is 10.0 Å². The van der Waals surface area contributed by atoms with Crippen molar-refractivity contribution in [2.45, 2.75) is 6.54 Å². The number of sulfonamides is 1. The van der Waals surface area contributed by atoms with E-state index in [0.29, 0.717) is 17.8 Å². The van der Waals surface area contributed by atoms with Crippen LogP contribution in [0.25, 0.3) is 0 Å². The summed E-state index contributed by atoms with van der Waals surface area (Å²) in [4.78, 5) is 12.2. The van der Waals surface area contributed by atoms with Gasteiger partial charge in [0.05, 0.1) is 13.4 Å². The highest BCUT2D eigenvalue weighted by atomic mass is 32.2. The van der Waals surface area contributed by atoms with E-state index in [0.717, 1.165) is 17.6 Å². The molecular weight excluding hydrogens is 316 g/mol. The summed E-state index contributed by atoms with van der Waals surface area (Å²) in [7, 11) is -1.80. The standard InChI is InChI=1S/C16H18N2O4S/c1-22-15-8-3-5-12(9-15)11-17-16(19)13-6-4-7-14(10-13)18-23(2,20)21/h3-10,18H,11H2,1-2H3,(H,17,19). The molecule has 2 aromatic rings. The van der Waals surface area contributed by atoms with Crippen LogP contribution >= 0.6 is 0 Å². The van der Waals surface area contributed by atoms with E-state index in [-0.39, 0.29) is 5.91 Å². The number of methoxy groups -OCH3 is 1. The number of amides is 1. The Morgan fingerprint density at radius 3 is 2.57 bits per heavy atom. The minimum atomic E-state index is -3.38. The van der Waals surface area contributed by atoms with Crippen molar-refractivity contribution in [2.24, 2.45) is 0 Å². The third-order valence-electron chi connectivity index (χ3n) is 3.02. The summed E-state index contributed by atoms with van der Waals surface area (Å²) in [5.41, 5.74) is 1.63. The molecule has 0 aliphatic heterocycles. The van der Waals surface area contributed by atoms with Crippen molar-refractivity contribution in [1.29, 1.82) is 0 Å². The van der Waals surface area contributed by atoms with Crippen LogP contribution in [0.1, 0.15) is 15.9 Å². The van der Waals surface area contributed by atoms with Crippen LogP contribution in [0, 0.1) is 0 Å². The number of hydrogen-bond donors (Lipinski definition) is 2. The van der Waals surface area contributed by atoms with Gasteiger partial charge in [0.2, 0.25) is 10.0 Å². The van der Waals surface area contributed by atoms with E-state index in [1.54, 1.807) is 25.3 Å². The number of anilines is 1. The van der Waals surface area contributed by atoms with Gasteiger partial charge in [-0.2, -0.15) is 0 Å². The number of rotatable bonds is 6. The molecule has 0 atom stereocenters. The van der Waals surface area contributed by atoms with Crippen molar-refractivity contribution in [1.82, 2.24) is 5.32 Å². The Morgan fingerprint density at radius 2 is 1.87 bits per heavy atom. The summed E-state index contributed by atoms with van der Waals surface area (Å²) in [5.74, 6) is 0.432. The molecule has 122 valence electrons. The summed E-state index contributed by atoms with van der Waals surface area (Å²) < 4.78 is 29.9. The first kappa shape index (κ1) is 16.8. The van der Waals surface area contributed by atoms with Crippen LogP contribution in [0.3, 0.4) is 0 Å². The highest BCUT2D eigenvalue weighted by Gasteiger charge is 2.08. The zero-order chi connectivity index (χ0) is 16.9. The Morgan fingerprint density at radius 1 is 1.13 bits per heavy atom. The van der Waals surface area contributed by atoms with Gasteiger partial charge < -0.3 is 10.1 Å². The molecular formula is C16H18N2O4S. The summed E-state index contributed by atoms with van der Waals surface area (Å²) >= 11 is 0. The highest BCUT2D eigenvalue weighted by molar-refractivity contribution is 7.92. The molecule has 2 aromatic carbocycles. The lowest BCUT2D eigenvalue weighted by molar-refractivity contribution is 0.0951. The third kappa shape index (κ3) is 5.30. The quantitative estimate of drug-likeness (QED) is 0.846. The molecule has 0 aliphatic rings. The van der Waals surface area contributed by atoms with E-state index in [1.165, 1.54) is 6.07 Å². The van der Waals surface area contributed by atoms with Crippen LogP contribution in [0.2, 0.25) is 0 Å². The molecule has 0 saturated heterocycles. The molecule has 0 saturated carbocycles. The normalized spacial score (nSPS) is 10.9. The minimum absolute atomic E-state index is 0.287. The molecule has 0 heterocycles. The van der Waals surface area contributed by atoms with Gasteiger partial charge in [-0.05, 0) is 35.9 Å². The maximum atomic E-state index is 12.2. The lowest BCUT2D eigenvalue weighted by Gasteiger charge is -2.09. The fourth-order valence-electron chi connectivity index (χ4n) is 2.00. The molecule has 0 radical (unpaired) electrons. The summed E-state index contributed by atoms with van der Waals surface area (Å²) in [5, 5.41) is 2.78. The fraction of sp³-hybridized carbons (Fsp3) is 0.188. The van der Waals surface area contributed by atoms with Crippen molar-refractivity contribution in [2.75, 3.05) is 18.1 Å². The topological polar surface area (TPSA) is 84.5 Å². The molecule has 0 fully saturated rings. The molecule has 0 spiro atoms. The largest absolute Gasteiger partial charge is 0.497 e. The number of nitrogens with one attached hydrogen (secondary N) is 2. The van der Waals surface area contributed by atoms with Crippen LogP contribution in [0.15, 0.2) is 48.5 Å². The first-order valence-corrected chi connectivity index (χ1v) is 8.75. The number of hydrogen-bond acceptors (Lipinski definition) is 4. The molecule has 1 amide bonds. The zero-order valence-electron chi connectivity index (χ0n) is 12.9. The smallest absolute Gasteiger partial charge is 0.251 e.